The summed E-state index contributed by atoms with van der Waals surface area (Å²) in [4.78, 5) is 25.9. The third-order valence-electron chi connectivity index (χ3n) is 3.94. The van der Waals surface area contributed by atoms with E-state index in [1.54, 1.807) is 4.68 Å². The molecular formula is C17H20N4O2. The first-order chi connectivity index (χ1) is 11.1. The maximum absolute atomic E-state index is 12.3. The molecule has 0 bridgehead atoms. The molecule has 1 aliphatic heterocycles. The molecule has 0 fully saturated rings. The van der Waals surface area contributed by atoms with E-state index in [9.17, 15) is 9.59 Å². The topological polar surface area (TPSA) is 67.2 Å². The molecule has 0 spiro atoms. The third kappa shape index (κ3) is 3.26. The van der Waals surface area contributed by atoms with E-state index in [1.165, 1.54) is 10.5 Å². The lowest BCUT2D eigenvalue weighted by molar-refractivity contribution is -0.122. The highest BCUT2D eigenvalue weighted by Gasteiger charge is 2.27. The molecule has 1 N–H and O–H groups in total. The smallest absolute Gasteiger partial charge is 0.244 e. The predicted molar refractivity (Wildman–Crippen MR) is 88.4 cm³/mol. The highest BCUT2D eigenvalue weighted by Crippen LogP contribution is 2.22. The summed E-state index contributed by atoms with van der Waals surface area (Å²) in [6, 6.07) is 9.56. The number of carbonyl (C=O) groups is 2. The van der Waals surface area contributed by atoms with Crippen molar-refractivity contribution in [1.29, 1.82) is 0 Å². The van der Waals surface area contributed by atoms with E-state index in [-0.39, 0.29) is 18.4 Å². The Morgan fingerprint density at radius 3 is 2.74 bits per heavy atom. The number of rotatable bonds is 4. The maximum Gasteiger partial charge on any atom is 0.244 e. The molecule has 23 heavy (non-hydrogen) atoms. The zero-order chi connectivity index (χ0) is 16.4. The van der Waals surface area contributed by atoms with Gasteiger partial charge in [0.1, 0.15) is 12.4 Å². The molecule has 6 heteroatoms. The van der Waals surface area contributed by atoms with Crippen molar-refractivity contribution in [2.45, 2.75) is 33.2 Å². The predicted octanol–water partition coefficient (Wildman–Crippen LogP) is 2.13. The van der Waals surface area contributed by atoms with Gasteiger partial charge in [0, 0.05) is 18.2 Å². The standard InChI is InChI=1S/C17H20N4O2/c1-3-13-4-6-14(7-5-13)18-15(22)11-20-16-10-12(2)19-21(16)9-8-17(20)23/h4-7,10H,3,8-9,11H2,1-2H3,(H,18,22). The summed E-state index contributed by atoms with van der Waals surface area (Å²) in [5.41, 5.74) is 2.80. The number of nitrogens with one attached hydrogen (secondary N) is 1. The van der Waals surface area contributed by atoms with Crippen LogP contribution in [0.4, 0.5) is 11.5 Å². The van der Waals surface area contributed by atoms with Crippen molar-refractivity contribution in [2.75, 3.05) is 16.8 Å². The number of amides is 2. The van der Waals surface area contributed by atoms with E-state index in [2.05, 4.69) is 17.3 Å². The molecule has 1 aromatic carbocycles. The van der Waals surface area contributed by atoms with E-state index in [4.69, 9.17) is 0 Å². The summed E-state index contributed by atoms with van der Waals surface area (Å²) < 4.78 is 1.78. The van der Waals surface area contributed by atoms with Crippen LogP contribution in [0.15, 0.2) is 30.3 Å². The number of fused-ring (bicyclic) bond motifs is 1. The van der Waals surface area contributed by atoms with Crippen LogP contribution in [0.3, 0.4) is 0 Å². The van der Waals surface area contributed by atoms with Crippen molar-refractivity contribution in [3.8, 4) is 0 Å². The number of anilines is 2. The van der Waals surface area contributed by atoms with Crippen LogP contribution in [0.5, 0.6) is 0 Å². The molecule has 2 heterocycles. The van der Waals surface area contributed by atoms with Crippen LogP contribution in [-0.2, 0) is 22.6 Å². The summed E-state index contributed by atoms with van der Waals surface area (Å²) in [7, 11) is 0. The van der Waals surface area contributed by atoms with Gasteiger partial charge in [-0.05, 0) is 31.0 Å². The first kappa shape index (κ1) is 15.3. The van der Waals surface area contributed by atoms with Gasteiger partial charge in [0.2, 0.25) is 11.8 Å². The largest absolute Gasteiger partial charge is 0.325 e. The minimum Gasteiger partial charge on any atom is -0.325 e. The van der Waals surface area contributed by atoms with Gasteiger partial charge in [-0.25, -0.2) is 4.68 Å². The van der Waals surface area contributed by atoms with E-state index in [0.717, 1.165) is 17.8 Å². The van der Waals surface area contributed by atoms with Gasteiger partial charge in [-0.15, -0.1) is 0 Å². The van der Waals surface area contributed by atoms with Crippen molar-refractivity contribution in [3.05, 3.63) is 41.6 Å². The second kappa shape index (κ2) is 6.24. The zero-order valence-electron chi connectivity index (χ0n) is 13.4. The van der Waals surface area contributed by atoms with Gasteiger partial charge in [-0.1, -0.05) is 19.1 Å². The molecular weight excluding hydrogens is 292 g/mol. The fraction of sp³-hybridized carbons (Fsp3) is 0.353. The van der Waals surface area contributed by atoms with E-state index >= 15 is 0 Å². The van der Waals surface area contributed by atoms with Crippen LogP contribution < -0.4 is 10.2 Å². The number of nitrogens with zero attached hydrogens (tertiary/aromatic N) is 3. The lowest BCUT2D eigenvalue weighted by Gasteiger charge is -2.26. The first-order valence-corrected chi connectivity index (χ1v) is 7.80. The molecule has 120 valence electrons. The van der Waals surface area contributed by atoms with Crippen LogP contribution in [0, 0.1) is 6.92 Å². The quantitative estimate of drug-likeness (QED) is 0.940. The van der Waals surface area contributed by atoms with Gasteiger partial charge in [-0.3, -0.25) is 14.5 Å². The van der Waals surface area contributed by atoms with Gasteiger partial charge >= 0.3 is 0 Å². The van der Waals surface area contributed by atoms with Gasteiger partial charge in [0.15, 0.2) is 0 Å². The van der Waals surface area contributed by atoms with E-state index in [0.29, 0.717) is 18.8 Å². The highest BCUT2D eigenvalue weighted by molar-refractivity contribution is 6.02. The average Bonchev–Trinajstić information content (AvgIpc) is 2.92. The Kier molecular flexibility index (Phi) is 4.14. The van der Waals surface area contributed by atoms with Gasteiger partial charge in [-0.2, -0.15) is 5.10 Å². The molecule has 1 aliphatic rings. The van der Waals surface area contributed by atoms with Crippen molar-refractivity contribution in [2.24, 2.45) is 0 Å². The molecule has 0 saturated heterocycles. The molecule has 0 radical (unpaired) electrons. The van der Waals surface area contributed by atoms with Crippen LogP contribution >= 0.6 is 0 Å². The van der Waals surface area contributed by atoms with Crippen LogP contribution in [0.1, 0.15) is 24.6 Å². The molecule has 2 aromatic rings. The van der Waals surface area contributed by atoms with E-state index in [1.807, 2.05) is 37.3 Å². The highest BCUT2D eigenvalue weighted by atomic mass is 16.2. The van der Waals surface area contributed by atoms with Crippen LogP contribution in [0.25, 0.3) is 0 Å². The Morgan fingerprint density at radius 1 is 1.30 bits per heavy atom. The number of hydrogen-bond donors (Lipinski definition) is 1. The minimum absolute atomic E-state index is 0.000500. The SMILES string of the molecule is CCc1ccc(NC(=O)CN2C(=O)CCn3nc(C)cc32)cc1. The Hall–Kier alpha value is -2.63. The van der Waals surface area contributed by atoms with Crippen molar-refractivity contribution < 1.29 is 9.59 Å². The maximum atomic E-state index is 12.3. The number of aryl methyl sites for hydroxylation is 3. The lowest BCUT2D eigenvalue weighted by Crippen LogP contribution is -2.42. The summed E-state index contributed by atoms with van der Waals surface area (Å²) in [5.74, 6) is 0.430. The monoisotopic (exact) mass is 312 g/mol. The van der Waals surface area contributed by atoms with Gasteiger partial charge in [0.05, 0.1) is 12.2 Å². The molecule has 2 amide bonds. The Balaban J connectivity index is 1.70. The molecule has 0 unspecified atom stereocenters. The zero-order valence-corrected chi connectivity index (χ0v) is 13.4. The lowest BCUT2D eigenvalue weighted by atomic mass is 10.1. The fourth-order valence-electron chi connectivity index (χ4n) is 2.71. The number of aromatic nitrogens is 2. The van der Waals surface area contributed by atoms with E-state index < -0.39 is 0 Å². The molecule has 0 aliphatic carbocycles. The minimum atomic E-state index is -0.213. The summed E-state index contributed by atoms with van der Waals surface area (Å²) >= 11 is 0. The van der Waals surface area contributed by atoms with Crippen molar-refractivity contribution in [3.63, 3.8) is 0 Å². The third-order valence-corrected chi connectivity index (χ3v) is 3.94. The van der Waals surface area contributed by atoms with Crippen molar-refractivity contribution in [1.82, 2.24) is 9.78 Å². The Labute approximate surface area is 135 Å². The normalized spacial score (nSPS) is 13.8. The Morgan fingerprint density at radius 2 is 2.04 bits per heavy atom. The van der Waals surface area contributed by atoms with Crippen molar-refractivity contribution >= 4 is 23.3 Å². The summed E-state index contributed by atoms with van der Waals surface area (Å²) in [6.07, 6.45) is 1.33. The van der Waals surface area contributed by atoms with Gasteiger partial charge < -0.3 is 5.32 Å². The summed E-state index contributed by atoms with van der Waals surface area (Å²) in [5, 5.41) is 7.17. The Bertz CT molecular complexity index is 734. The summed E-state index contributed by atoms with van der Waals surface area (Å²) in [6.45, 7) is 4.53. The first-order valence-electron chi connectivity index (χ1n) is 7.80. The molecule has 0 saturated carbocycles. The second-order valence-corrected chi connectivity index (χ2v) is 5.70. The molecule has 1 aromatic heterocycles. The number of benzene rings is 1. The number of hydrogen-bond acceptors (Lipinski definition) is 3. The second-order valence-electron chi connectivity index (χ2n) is 5.70. The molecule has 6 nitrogen and oxygen atoms in total. The van der Waals surface area contributed by atoms with Gasteiger partial charge in [0.25, 0.3) is 0 Å². The number of carbonyl (C=O) groups excluding carboxylic acids is 2. The molecule has 0 atom stereocenters. The van der Waals surface area contributed by atoms with Crippen LogP contribution in [-0.4, -0.2) is 28.1 Å². The van der Waals surface area contributed by atoms with Crippen LogP contribution in [0.2, 0.25) is 0 Å². The fourth-order valence-corrected chi connectivity index (χ4v) is 2.71. The average molecular weight is 312 g/mol. The molecule has 3 rings (SSSR count).